The third kappa shape index (κ3) is 6.03. The first-order valence-corrected chi connectivity index (χ1v) is 11.1. The Labute approximate surface area is 186 Å². The van der Waals surface area contributed by atoms with Crippen LogP contribution in [0.15, 0.2) is 77.7 Å². The van der Waals surface area contributed by atoms with E-state index in [1.165, 1.54) is 19.1 Å². The second-order valence-electron chi connectivity index (χ2n) is 6.57. The van der Waals surface area contributed by atoms with Crippen LogP contribution in [0.3, 0.4) is 0 Å². The van der Waals surface area contributed by atoms with Gasteiger partial charge in [0.15, 0.2) is 10.9 Å². The Hall–Kier alpha value is -3.43. The van der Waals surface area contributed by atoms with Crippen LogP contribution in [0.2, 0.25) is 0 Å². The highest BCUT2D eigenvalue weighted by molar-refractivity contribution is 7.92. The van der Waals surface area contributed by atoms with E-state index >= 15 is 0 Å². The lowest BCUT2D eigenvalue weighted by atomic mass is 10.1. The van der Waals surface area contributed by atoms with Gasteiger partial charge in [0.05, 0.1) is 12.0 Å². The lowest BCUT2D eigenvalue weighted by Gasteiger charge is -2.12. The predicted molar refractivity (Wildman–Crippen MR) is 127 cm³/mol. The molecule has 0 bridgehead atoms. The predicted octanol–water partition coefficient (Wildman–Crippen LogP) is 4.51. The maximum Gasteiger partial charge on any atom is 0.261 e. The molecule has 3 aromatic rings. The Bertz CT molecular complexity index is 1190. The van der Waals surface area contributed by atoms with E-state index in [4.69, 9.17) is 17.0 Å². The minimum Gasteiger partial charge on any atom is -0.497 e. The summed E-state index contributed by atoms with van der Waals surface area (Å²) in [6, 6.07) is 19.8. The van der Waals surface area contributed by atoms with Crippen LogP contribution in [0.1, 0.15) is 17.3 Å². The van der Waals surface area contributed by atoms with Crippen LogP contribution in [0.4, 0.5) is 17.1 Å². The molecule has 0 amide bonds. The largest absolute Gasteiger partial charge is 0.497 e. The Balaban J connectivity index is 1.64. The molecule has 0 saturated heterocycles. The Morgan fingerprint density at radius 2 is 1.48 bits per heavy atom. The molecule has 3 N–H and O–H groups in total. The normalized spacial score (nSPS) is 10.8. The third-order valence-corrected chi connectivity index (χ3v) is 5.89. The quantitative estimate of drug-likeness (QED) is 0.356. The summed E-state index contributed by atoms with van der Waals surface area (Å²) in [5.41, 5.74) is 2.30. The van der Waals surface area contributed by atoms with Crippen molar-refractivity contribution in [3.05, 3.63) is 78.4 Å². The fraction of sp³-hybridized carbons (Fsp3) is 0.0909. The molecule has 0 radical (unpaired) electrons. The fourth-order valence-corrected chi connectivity index (χ4v) is 3.99. The summed E-state index contributed by atoms with van der Waals surface area (Å²) in [5, 5.41) is 6.30. The standard InChI is InChI=1S/C22H21N3O4S2/c1-15(26)16-4-3-5-19(14-16)24-22(30)23-17-8-12-21(13-9-17)31(27,28)25-18-6-10-20(29-2)11-7-18/h3-14,25H,1-2H3,(H2,23,24,30). The van der Waals surface area contributed by atoms with Gasteiger partial charge in [-0.15, -0.1) is 0 Å². The number of hydrogen-bond acceptors (Lipinski definition) is 5. The van der Waals surface area contributed by atoms with Gasteiger partial charge in [-0.2, -0.15) is 0 Å². The molecule has 0 saturated carbocycles. The van der Waals surface area contributed by atoms with Crippen LogP contribution in [-0.4, -0.2) is 26.4 Å². The number of sulfonamides is 1. The Morgan fingerprint density at radius 1 is 0.871 bits per heavy atom. The highest BCUT2D eigenvalue weighted by Crippen LogP contribution is 2.21. The number of nitrogens with one attached hydrogen (secondary N) is 3. The van der Waals surface area contributed by atoms with Crippen LogP contribution in [0, 0.1) is 0 Å². The molecule has 0 aromatic heterocycles. The maximum atomic E-state index is 12.6. The van der Waals surface area contributed by atoms with Gasteiger partial charge in [0.25, 0.3) is 10.0 Å². The zero-order valence-corrected chi connectivity index (χ0v) is 18.5. The van der Waals surface area contributed by atoms with E-state index in [1.54, 1.807) is 67.8 Å². The minimum absolute atomic E-state index is 0.0393. The summed E-state index contributed by atoms with van der Waals surface area (Å²) in [6.45, 7) is 1.49. The minimum atomic E-state index is -3.74. The van der Waals surface area contributed by atoms with Crippen molar-refractivity contribution in [1.82, 2.24) is 0 Å². The first kappa shape index (κ1) is 22.3. The van der Waals surface area contributed by atoms with Gasteiger partial charge in [-0.25, -0.2) is 8.42 Å². The van der Waals surface area contributed by atoms with Gasteiger partial charge in [0, 0.05) is 22.6 Å². The molecule has 3 aromatic carbocycles. The SMILES string of the molecule is COc1ccc(NS(=O)(=O)c2ccc(NC(=S)Nc3cccc(C(C)=O)c3)cc2)cc1. The number of Topliss-reactive ketones (excluding diaryl/α,β-unsaturated/α-hetero) is 1. The van der Waals surface area contributed by atoms with Crippen molar-refractivity contribution in [1.29, 1.82) is 0 Å². The lowest BCUT2D eigenvalue weighted by Crippen LogP contribution is -2.19. The first-order valence-electron chi connectivity index (χ1n) is 9.23. The summed E-state index contributed by atoms with van der Waals surface area (Å²) < 4.78 is 32.8. The Kier molecular flexibility index (Phi) is 6.88. The zero-order chi connectivity index (χ0) is 22.4. The van der Waals surface area contributed by atoms with Crippen LogP contribution in [0.25, 0.3) is 0 Å². The topological polar surface area (TPSA) is 96.5 Å². The van der Waals surface area contributed by atoms with Crippen LogP contribution in [-0.2, 0) is 10.0 Å². The average Bonchev–Trinajstić information content (AvgIpc) is 2.74. The third-order valence-electron chi connectivity index (χ3n) is 4.29. The van der Waals surface area contributed by atoms with Crippen molar-refractivity contribution in [3.8, 4) is 5.75 Å². The molecule has 0 aliphatic heterocycles. The number of carbonyl (C=O) groups excluding carboxylic acids is 1. The van der Waals surface area contributed by atoms with Crippen LogP contribution >= 0.6 is 12.2 Å². The molecule has 0 heterocycles. The van der Waals surface area contributed by atoms with Gasteiger partial charge in [0.1, 0.15) is 5.75 Å². The highest BCUT2D eigenvalue weighted by atomic mass is 32.2. The first-order chi connectivity index (χ1) is 14.8. The maximum absolute atomic E-state index is 12.6. The summed E-state index contributed by atoms with van der Waals surface area (Å²) in [6.07, 6.45) is 0. The van der Waals surface area contributed by atoms with Gasteiger partial charge in [0.2, 0.25) is 0 Å². The monoisotopic (exact) mass is 455 g/mol. The number of hydrogen-bond donors (Lipinski definition) is 3. The smallest absolute Gasteiger partial charge is 0.261 e. The molecule has 9 heteroatoms. The summed E-state index contributed by atoms with van der Waals surface area (Å²) in [5.74, 6) is 0.596. The molecular formula is C22H21N3O4S2. The van der Waals surface area contributed by atoms with Crippen molar-refractivity contribution in [2.24, 2.45) is 0 Å². The average molecular weight is 456 g/mol. The van der Waals surface area contributed by atoms with E-state index in [2.05, 4.69) is 15.4 Å². The van der Waals surface area contributed by atoms with E-state index in [-0.39, 0.29) is 10.7 Å². The Morgan fingerprint density at radius 3 is 2.10 bits per heavy atom. The molecule has 7 nitrogen and oxygen atoms in total. The molecule has 0 unspecified atom stereocenters. The van der Waals surface area contributed by atoms with Crippen LogP contribution in [0.5, 0.6) is 5.75 Å². The van der Waals surface area contributed by atoms with Crippen LogP contribution < -0.4 is 20.1 Å². The molecule has 0 fully saturated rings. The second kappa shape index (κ2) is 9.59. The van der Waals surface area contributed by atoms with E-state index in [0.717, 1.165) is 0 Å². The van der Waals surface area contributed by atoms with Crippen molar-refractivity contribution in [3.63, 3.8) is 0 Å². The van der Waals surface area contributed by atoms with Crippen molar-refractivity contribution in [2.45, 2.75) is 11.8 Å². The zero-order valence-electron chi connectivity index (χ0n) is 16.9. The number of rotatable bonds is 7. The lowest BCUT2D eigenvalue weighted by molar-refractivity contribution is 0.101. The molecule has 0 spiro atoms. The van der Waals surface area contributed by atoms with E-state index in [1.807, 2.05) is 0 Å². The molecular weight excluding hydrogens is 434 g/mol. The summed E-state index contributed by atoms with van der Waals surface area (Å²) >= 11 is 5.29. The molecule has 31 heavy (non-hydrogen) atoms. The van der Waals surface area contributed by atoms with Gasteiger partial charge >= 0.3 is 0 Å². The summed E-state index contributed by atoms with van der Waals surface area (Å²) in [4.78, 5) is 11.6. The fourth-order valence-electron chi connectivity index (χ4n) is 2.70. The van der Waals surface area contributed by atoms with Gasteiger partial charge in [-0.05, 0) is 79.8 Å². The molecule has 0 aliphatic carbocycles. The molecule has 0 aliphatic rings. The molecule has 3 rings (SSSR count). The molecule has 160 valence electrons. The highest BCUT2D eigenvalue weighted by Gasteiger charge is 2.14. The number of benzene rings is 3. The van der Waals surface area contributed by atoms with E-state index < -0.39 is 10.0 Å². The van der Waals surface area contributed by atoms with E-state index in [9.17, 15) is 13.2 Å². The number of thiocarbonyl (C=S) groups is 1. The van der Waals surface area contributed by atoms with Crippen molar-refractivity contribution < 1.29 is 17.9 Å². The second-order valence-corrected chi connectivity index (χ2v) is 8.67. The number of ketones is 1. The van der Waals surface area contributed by atoms with Crippen molar-refractivity contribution in [2.75, 3.05) is 22.5 Å². The van der Waals surface area contributed by atoms with Gasteiger partial charge in [-0.3, -0.25) is 9.52 Å². The number of anilines is 3. The number of ether oxygens (including phenoxy) is 1. The number of methoxy groups -OCH3 is 1. The van der Waals surface area contributed by atoms with Gasteiger partial charge < -0.3 is 15.4 Å². The van der Waals surface area contributed by atoms with Gasteiger partial charge in [-0.1, -0.05) is 12.1 Å². The molecule has 0 atom stereocenters. The summed E-state index contributed by atoms with van der Waals surface area (Å²) in [7, 11) is -2.20. The number of carbonyl (C=O) groups is 1. The van der Waals surface area contributed by atoms with E-state index in [0.29, 0.717) is 33.5 Å². The van der Waals surface area contributed by atoms with Crippen molar-refractivity contribution >= 4 is 50.2 Å².